The summed E-state index contributed by atoms with van der Waals surface area (Å²) in [6, 6.07) is 10.4. The highest BCUT2D eigenvalue weighted by atomic mass is 127. The Balaban J connectivity index is 0.00000441. The summed E-state index contributed by atoms with van der Waals surface area (Å²) in [5.74, 6) is 0.772. The van der Waals surface area contributed by atoms with Gasteiger partial charge in [0.15, 0.2) is 5.96 Å². The molecule has 0 aliphatic rings. The smallest absolute Gasteiger partial charge is 0.191 e. The van der Waals surface area contributed by atoms with Crippen molar-refractivity contribution in [2.24, 2.45) is 4.99 Å². The Labute approximate surface area is 151 Å². The fourth-order valence-electron chi connectivity index (χ4n) is 2.01. The molecule has 3 N–H and O–H groups in total. The highest BCUT2D eigenvalue weighted by Crippen LogP contribution is 2.14. The van der Waals surface area contributed by atoms with Crippen LogP contribution in [-0.4, -0.2) is 36.3 Å². The van der Waals surface area contributed by atoms with Crippen LogP contribution in [0.3, 0.4) is 0 Å². The second kappa shape index (κ2) is 11.7. The van der Waals surface area contributed by atoms with E-state index in [2.05, 4.69) is 39.9 Å². The predicted octanol–water partition coefficient (Wildman–Crippen LogP) is 2.95. The highest BCUT2D eigenvalue weighted by Gasteiger charge is 2.21. The molecule has 4 nitrogen and oxygen atoms in total. The molecule has 126 valence electrons. The van der Waals surface area contributed by atoms with E-state index >= 15 is 0 Å². The van der Waals surface area contributed by atoms with Gasteiger partial charge in [0.2, 0.25) is 0 Å². The number of nitrogens with zero attached hydrogens (tertiary/aromatic N) is 1. The lowest BCUT2D eigenvalue weighted by molar-refractivity contribution is 0.0418. The van der Waals surface area contributed by atoms with E-state index in [1.807, 2.05) is 26.8 Å². The molecule has 1 aromatic carbocycles. The molecular weight excluding hydrogens is 389 g/mol. The Hall–Kier alpha value is -0.820. The number of nitrogens with one attached hydrogen (secondary N) is 2. The summed E-state index contributed by atoms with van der Waals surface area (Å²) < 4.78 is 0. The molecule has 0 saturated heterocycles. The van der Waals surface area contributed by atoms with Crippen LogP contribution in [0.1, 0.15) is 39.2 Å². The maximum atomic E-state index is 10.3. The predicted molar refractivity (Wildman–Crippen MR) is 105 cm³/mol. The van der Waals surface area contributed by atoms with E-state index in [9.17, 15) is 5.11 Å². The largest absolute Gasteiger partial charge is 0.388 e. The molecule has 1 aromatic rings. The Bertz CT molecular complexity index is 419. The van der Waals surface area contributed by atoms with Crippen molar-refractivity contribution < 1.29 is 5.11 Å². The molecular formula is C17H30IN3O. The first-order valence-corrected chi connectivity index (χ1v) is 7.92. The van der Waals surface area contributed by atoms with Crippen LogP contribution in [-0.2, 0) is 6.42 Å². The zero-order chi connectivity index (χ0) is 15.6. The van der Waals surface area contributed by atoms with Crippen molar-refractivity contribution in [3.05, 3.63) is 35.9 Å². The summed E-state index contributed by atoms with van der Waals surface area (Å²) >= 11 is 0. The molecule has 1 rings (SSSR count). The average molecular weight is 419 g/mol. The lowest BCUT2D eigenvalue weighted by atomic mass is 9.98. The summed E-state index contributed by atoms with van der Waals surface area (Å²) in [6.45, 7) is 8.10. The van der Waals surface area contributed by atoms with Gasteiger partial charge < -0.3 is 15.7 Å². The number of rotatable bonds is 8. The first kappa shape index (κ1) is 21.2. The van der Waals surface area contributed by atoms with E-state index in [-0.39, 0.29) is 24.0 Å². The van der Waals surface area contributed by atoms with Crippen LogP contribution in [0.5, 0.6) is 0 Å². The van der Waals surface area contributed by atoms with Crippen LogP contribution >= 0.6 is 24.0 Å². The minimum Gasteiger partial charge on any atom is -0.388 e. The van der Waals surface area contributed by atoms with Gasteiger partial charge in [-0.25, -0.2) is 0 Å². The van der Waals surface area contributed by atoms with Gasteiger partial charge in [-0.05, 0) is 31.7 Å². The molecule has 0 aliphatic carbocycles. The van der Waals surface area contributed by atoms with E-state index in [1.54, 1.807) is 0 Å². The number of halogens is 1. The van der Waals surface area contributed by atoms with Crippen molar-refractivity contribution in [1.29, 1.82) is 0 Å². The second-order valence-electron chi connectivity index (χ2n) is 5.29. The summed E-state index contributed by atoms with van der Waals surface area (Å²) in [5.41, 5.74) is 0.612. The number of aliphatic hydroxyl groups is 1. The number of aliphatic imine (C=N–C) groups is 1. The third-order valence-electron chi connectivity index (χ3n) is 3.74. The third-order valence-corrected chi connectivity index (χ3v) is 3.74. The Morgan fingerprint density at radius 3 is 2.27 bits per heavy atom. The summed E-state index contributed by atoms with van der Waals surface area (Å²) in [5, 5.41) is 16.8. The van der Waals surface area contributed by atoms with E-state index in [0.29, 0.717) is 6.54 Å². The van der Waals surface area contributed by atoms with E-state index < -0.39 is 5.60 Å². The lowest BCUT2D eigenvalue weighted by Gasteiger charge is -2.23. The van der Waals surface area contributed by atoms with Crippen LogP contribution in [0.2, 0.25) is 0 Å². The monoisotopic (exact) mass is 419 g/mol. The maximum absolute atomic E-state index is 10.3. The molecule has 0 saturated carbocycles. The van der Waals surface area contributed by atoms with E-state index in [4.69, 9.17) is 0 Å². The molecule has 0 aliphatic heterocycles. The molecule has 0 fully saturated rings. The average Bonchev–Trinajstić information content (AvgIpc) is 2.53. The zero-order valence-corrected chi connectivity index (χ0v) is 16.3. The van der Waals surface area contributed by atoms with Crippen LogP contribution in [0, 0.1) is 0 Å². The van der Waals surface area contributed by atoms with Crippen molar-refractivity contribution in [3.63, 3.8) is 0 Å². The SMILES string of the molecule is CCNC(=NCC(O)(CC)CC)NCCc1ccccc1.I. The van der Waals surface area contributed by atoms with Gasteiger partial charge in [0, 0.05) is 13.1 Å². The van der Waals surface area contributed by atoms with Gasteiger partial charge in [-0.2, -0.15) is 0 Å². The number of guanidine groups is 1. The molecule has 22 heavy (non-hydrogen) atoms. The normalized spacial score (nSPS) is 11.7. The van der Waals surface area contributed by atoms with Crippen LogP contribution in [0.25, 0.3) is 0 Å². The van der Waals surface area contributed by atoms with Crippen molar-refractivity contribution >= 4 is 29.9 Å². The Morgan fingerprint density at radius 2 is 1.73 bits per heavy atom. The fraction of sp³-hybridized carbons (Fsp3) is 0.588. The van der Waals surface area contributed by atoms with Crippen molar-refractivity contribution in [2.45, 2.75) is 45.6 Å². The molecule has 0 unspecified atom stereocenters. The molecule has 5 heteroatoms. The van der Waals surface area contributed by atoms with Gasteiger partial charge >= 0.3 is 0 Å². The summed E-state index contributed by atoms with van der Waals surface area (Å²) in [4.78, 5) is 4.50. The molecule has 0 bridgehead atoms. The standard InChI is InChI=1S/C17H29N3O.HI/c1-4-17(21,5-2)14-20-16(18-6-3)19-13-12-15-10-8-7-9-11-15;/h7-11,21H,4-6,12-14H2,1-3H3,(H2,18,19,20);1H. The lowest BCUT2D eigenvalue weighted by Crippen LogP contribution is -2.40. The first-order valence-electron chi connectivity index (χ1n) is 7.92. The minimum atomic E-state index is -0.693. The topological polar surface area (TPSA) is 56.7 Å². The zero-order valence-electron chi connectivity index (χ0n) is 13.9. The van der Waals surface area contributed by atoms with Gasteiger partial charge in [-0.3, -0.25) is 4.99 Å². The molecule has 0 aromatic heterocycles. The Kier molecular flexibility index (Phi) is 11.3. The van der Waals surface area contributed by atoms with Crippen LogP contribution in [0.15, 0.2) is 35.3 Å². The highest BCUT2D eigenvalue weighted by molar-refractivity contribution is 14.0. The summed E-state index contributed by atoms with van der Waals surface area (Å²) in [7, 11) is 0. The quantitative estimate of drug-likeness (QED) is 0.345. The van der Waals surface area contributed by atoms with Crippen molar-refractivity contribution in [3.8, 4) is 0 Å². The molecule has 0 atom stereocenters. The molecule has 0 spiro atoms. The first-order chi connectivity index (χ1) is 10.1. The van der Waals surface area contributed by atoms with Gasteiger partial charge in [0.25, 0.3) is 0 Å². The van der Waals surface area contributed by atoms with Gasteiger partial charge in [-0.1, -0.05) is 44.2 Å². The van der Waals surface area contributed by atoms with E-state index in [1.165, 1.54) is 5.56 Å². The molecule has 0 heterocycles. The maximum Gasteiger partial charge on any atom is 0.191 e. The second-order valence-corrected chi connectivity index (χ2v) is 5.29. The number of benzene rings is 1. The van der Waals surface area contributed by atoms with Crippen LogP contribution in [0.4, 0.5) is 0 Å². The van der Waals surface area contributed by atoms with Gasteiger partial charge in [0.1, 0.15) is 0 Å². The number of hydrogen-bond acceptors (Lipinski definition) is 2. The third kappa shape index (κ3) is 7.98. The van der Waals surface area contributed by atoms with Crippen molar-refractivity contribution in [2.75, 3.05) is 19.6 Å². The van der Waals surface area contributed by atoms with E-state index in [0.717, 1.165) is 38.3 Å². The van der Waals surface area contributed by atoms with Crippen LogP contribution < -0.4 is 10.6 Å². The minimum absolute atomic E-state index is 0. The molecule has 0 radical (unpaired) electrons. The van der Waals surface area contributed by atoms with Gasteiger partial charge in [0.05, 0.1) is 12.1 Å². The Morgan fingerprint density at radius 1 is 1.09 bits per heavy atom. The number of hydrogen-bond donors (Lipinski definition) is 3. The molecule has 0 amide bonds. The fourth-order valence-corrected chi connectivity index (χ4v) is 2.01. The summed E-state index contributed by atoms with van der Waals surface area (Å²) in [6.07, 6.45) is 2.39. The van der Waals surface area contributed by atoms with Gasteiger partial charge in [-0.15, -0.1) is 24.0 Å². The van der Waals surface area contributed by atoms with Crippen molar-refractivity contribution in [1.82, 2.24) is 10.6 Å².